The smallest absolute Gasteiger partial charge is 0.269 e. The van der Waals surface area contributed by atoms with Crippen molar-refractivity contribution in [1.82, 2.24) is 5.32 Å². The van der Waals surface area contributed by atoms with Gasteiger partial charge in [-0.15, -0.1) is 0 Å². The summed E-state index contributed by atoms with van der Waals surface area (Å²) in [6, 6.07) is 6.20. The second-order valence-corrected chi connectivity index (χ2v) is 4.22. The Morgan fingerprint density at radius 2 is 2.28 bits per heavy atom. The minimum absolute atomic E-state index is 0.00596. The van der Waals surface area contributed by atoms with Gasteiger partial charge in [-0.2, -0.15) is 0 Å². The van der Waals surface area contributed by atoms with E-state index < -0.39 is 4.92 Å². The van der Waals surface area contributed by atoms with Gasteiger partial charge in [-0.25, -0.2) is 0 Å². The van der Waals surface area contributed by atoms with Crippen molar-refractivity contribution < 1.29 is 9.72 Å². The van der Waals surface area contributed by atoms with Gasteiger partial charge in [-0.05, 0) is 18.9 Å². The summed E-state index contributed by atoms with van der Waals surface area (Å²) in [6.45, 7) is 2.13. The molecular formula is C12H17N3O3. The van der Waals surface area contributed by atoms with E-state index in [4.69, 9.17) is 5.73 Å². The first-order valence-electron chi connectivity index (χ1n) is 5.74. The molecule has 0 aliphatic carbocycles. The maximum absolute atomic E-state index is 11.4. The van der Waals surface area contributed by atoms with Crippen LogP contribution in [0.2, 0.25) is 0 Å². The van der Waals surface area contributed by atoms with Crippen LogP contribution in [0, 0.1) is 10.1 Å². The van der Waals surface area contributed by atoms with Gasteiger partial charge >= 0.3 is 0 Å². The lowest BCUT2D eigenvalue weighted by Crippen LogP contribution is -2.25. The predicted molar refractivity (Wildman–Crippen MR) is 67.8 cm³/mol. The minimum atomic E-state index is -0.457. The molecule has 0 radical (unpaired) electrons. The van der Waals surface area contributed by atoms with Crippen LogP contribution in [-0.4, -0.2) is 16.9 Å². The fourth-order valence-corrected chi connectivity index (χ4v) is 1.43. The van der Waals surface area contributed by atoms with E-state index in [9.17, 15) is 14.9 Å². The molecule has 1 aromatic rings. The summed E-state index contributed by atoms with van der Waals surface area (Å²) >= 11 is 0. The van der Waals surface area contributed by atoms with E-state index in [-0.39, 0.29) is 17.6 Å². The summed E-state index contributed by atoms with van der Waals surface area (Å²) in [4.78, 5) is 21.6. The quantitative estimate of drug-likeness (QED) is 0.588. The first-order chi connectivity index (χ1) is 8.49. The molecule has 1 unspecified atom stereocenters. The molecule has 6 nitrogen and oxygen atoms in total. The van der Waals surface area contributed by atoms with Crippen LogP contribution in [0.15, 0.2) is 24.3 Å². The van der Waals surface area contributed by atoms with Crippen molar-refractivity contribution in [2.24, 2.45) is 5.73 Å². The van der Waals surface area contributed by atoms with Crippen molar-refractivity contribution in [3.8, 4) is 0 Å². The van der Waals surface area contributed by atoms with Crippen molar-refractivity contribution in [1.29, 1.82) is 0 Å². The van der Waals surface area contributed by atoms with E-state index in [1.807, 2.05) is 6.92 Å². The van der Waals surface area contributed by atoms with Crippen LogP contribution in [0.25, 0.3) is 0 Å². The molecule has 0 aliphatic heterocycles. The monoisotopic (exact) mass is 251 g/mol. The van der Waals surface area contributed by atoms with Crippen LogP contribution >= 0.6 is 0 Å². The molecule has 0 saturated heterocycles. The number of carbonyl (C=O) groups excluding carboxylic acids is 1. The molecule has 1 aromatic carbocycles. The number of nitrogens with one attached hydrogen (secondary N) is 1. The lowest BCUT2D eigenvalue weighted by molar-refractivity contribution is -0.384. The van der Waals surface area contributed by atoms with Gasteiger partial charge < -0.3 is 11.1 Å². The highest BCUT2D eigenvalue weighted by Gasteiger charge is 2.07. The number of amides is 1. The molecule has 18 heavy (non-hydrogen) atoms. The van der Waals surface area contributed by atoms with Crippen molar-refractivity contribution in [2.75, 3.05) is 0 Å². The normalized spacial score (nSPS) is 11.9. The van der Waals surface area contributed by atoms with Gasteiger partial charge in [-0.3, -0.25) is 14.9 Å². The van der Waals surface area contributed by atoms with Crippen LogP contribution in [0.5, 0.6) is 0 Å². The second-order valence-electron chi connectivity index (χ2n) is 4.22. The predicted octanol–water partition coefficient (Wildman–Crippen LogP) is 1.34. The van der Waals surface area contributed by atoms with Crippen molar-refractivity contribution in [3.05, 3.63) is 39.9 Å². The summed E-state index contributed by atoms with van der Waals surface area (Å²) in [5, 5.41) is 13.3. The molecular weight excluding hydrogens is 234 g/mol. The van der Waals surface area contributed by atoms with Crippen molar-refractivity contribution in [3.63, 3.8) is 0 Å². The van der Waals surface area contributed by atoms with E-state index in [2.05, 4.69) is 5.32 Å². The molecule has 3 N–H and O–H groups in total. The lowest BCUT2D eigenvalue weighted by Gasteiger charge is -2.06. The number of hydrogen-bond acceptors (Lipinski definition) is 4. The number of nitro benzene ring substituents is 1. The topological polar surface area (TPSA) is 98.3 Å². The SMILES string of the molecule is CC(N)CCC(=O)NCc1cccc([N+](=O)[O-])c1. The minimum Gasteiger partial charge on any atom is -0.352 e. The second kappa shape index (κ2) is 6.70. The number of rotatable bonds is 6. The zero-order valence-corrected chi connectivity index (χ0v) is 10.3. The molecule has 0 saturated carbocycles. The summed E-state index contributed by atoms with van der Waals surface area (Å²) in [6.07, 6.45) is 0.993. The Labute approximate surface area is 105 Å². The van der Waals surface area contributed by atoms with E-state index >= 15 is 0 Å². The van der Waals surface area contributed by atoms with Crippen LogP contribution in [0.4, 0.5) is 5.69 Å². The van der Waals surface area contributed by atoms with Gasteiger partial charge in [0.15, 0.2) is 0 Å². The summed E-state index contributed by atoms with van der Waals surface area (Å²) in [7, 11) is 0. The largest absolute Gasteiger partial charge is 0.352 e. The molecule has 1 amide bonds. The fraction of sp³-hybridized carbons (Fsp3) is 0.417. The van der Waals surface area contributed by atoms with Gasteiger partial charge in [0.25, 0.3) is 5.69 Å². The van der Waals surface area contributed by atoms with Gasteiger partial charge in [0.2, 0.25) is 5.91 Å². The molecule has 0 fully saturated rings. The number of nitrogens with two attached hydrogens (primary N) is 1. The van der Waals surface area contributed by atoms with E-state index in [1.54, 1.807) is 12.1 Å². The van der Waals surface area contributed by atoms with Crippen LogP contribution in [0.3, 0.4) is 0 Å². The average Bonchev–Trinajstić information content (AvgIpc) is 2.34. The fourth-order valence-electron chi connectivity index (χ4n) is 1.43. The summed E-state index contributed by atoms with van der Waals surface area (Å²) in [5.41, 5.74) is 6.28. The highest BCUT2D eigenvalue weighted by Crippen LogP contribution is 2.12. The first kappa shape index (κ1) is 14.1. The van der Waals surface area contributed by atoms with E-state index in [0.29, 0.717) is 24.9 Å². The Kier molecular flexibility index (Phi) is 5.26. The third kappa shape index (κ3) is 4.92. The van der Waals surface area contributed by atoms with Gasteiger partial charge in [-0.1, -0.05) is 12.1 Å². The van der Waals surface area contributed by atoms with Crippen LogP contribution in [-0.2, 0) is 11.3 Å². The van der Waals surface area contributed by atoms with E-state index in [1.165, 1.54) is 12.1 Å². The Bertz CT molecular complexity index is 432. The van der Waals surface area contributed by atoms with Crippen molar-refractivity contribution >= 4 is 11.6 Å². The van der Waals surface area contributed by atoms with Gasteiger partial charge in [0, 0.05) is 31.1 Å². The molecule has 0 aromatic heterocycles. The molecule has 0 aliphatic rings. The van der Waals surface area contributed by atoms with E-state index in [0.717, 1.165) is 0 Å². The van der Waals surface area contributed by atoms with Gasteiger partial charge in [0.05, 0.1) is 4.92 Å². The van der Waals surface area contributed by atoms with Crippen LogP contribution in [0.1, 0.15) is 25.3 Å². The third-order valence-corrected chi connectivity index (χ3v) is 2.44. The first-order valence-corrected chi connectivity index (χ1v) is 5.74. The number of benzene rings is 1. The number of nitro groups is 1. The molecule has 0 spiro atoms. The zero-order chi connectivity index (χ0) is 13.5. The molecule has 98 valence electrons. The van der Waals surface area contributed by atoms with Crippen LogP contribution < -0.4 is 11.1 Å². The maximum atomic E-state index is 11.4. The zero-order valence-electron chi connectivity index (χ0n) is 10.3. The van der Waals surface area contributed by atoms with Crippen molar-refractivity contribution in [2.45, 2.75) is 32.4 Å². The number of nitrogens with zero attached hydrogens (tertiary/aromatic N) is 1. The number of hydrogen-bond donors (Lipinski definition) is 2. The Hall–Kier alpha value is -1.95. The maximum Gasteiger partial charge on any atom is 0.269 e. The average molecular weight is 251 g/mol. The number of non-ortho nitro benzene ring substituents is 1. The standard InChI is InChI=1S/C12H17N3O3/c1-9(13)5-6-12(16)14-8-10-3-2-4-11(7-10)15(17)18/h2-4,7,9H,5-6,8,13H2,1H3,(H,14,16). The number of carbonyl (C=O) groups is 1. The summed E-state index contributed by atoms with van der Waals surface area (Å²) in [5.74, 6) is -0.0983. The molecule has 0 heterocycles. The molecule has 1 rings (SSSR count). The Morgan fingerprint density at radius 3 is 2.89 bits per heavy atom. The third-order valence-electron chi connectivity index (χ3n) is 2.44. The molecule has 6 heteroatoms. The molecule has 0 bridgehead atoms. The lowest BCUT2D eigenvalue weighted by atomic mass is 10.1. The highest BCUT2D eigenvalue weighted by molar-refractivity contribution is 5.75. The molecule has 1 atom stereocenters. The highest BCUT2D eigenvalue weighted by atomic mass is 16.6. The Balaban J connectivity index is 2.46. The van der Waals surface area contributed by atoms with Gasteiger partial charge in [0.1, 0.15) is 0 Å². The Morgan fingerprint density at radius 1 is 1.56 bits per heavy atom. The summed E-state index contributed by atoms with van der Waals surface area (Å²) < 4.78 is 0.